The van der Waals surface area contributed by atoms with Crippen LogP contribution in [0.5, 0.6) is 0 Å². The molecule has 2 aromatic rings. The number of hydrogen-bond acceptors (Lipinski definition) is 4. The van der Waals surface area contributed by atoms with Crippen LogP contribution in [0.1, 0.15) is 51.4 Å². The maximum absolute atomic E-state index is 12.5. The van der Waals surface area contributed by atoms with Gasteiger partial charge < -0.3 is 5.32 Å². The van der Waals surface area contributed by atoms with Crippen LogP contribution < -0.4 is 5.32 Å². The van der Waals surface area contributed by atoms with Gasteiger partial charge in [-0.1, -0.05) is 46.8 Å². The van der Waals surface area contributed by atoms with Gasteiger partial charge in [0.25, 0.3) is 0 Å². The number of sulfonamides is 1. The van der Waals surface area contributed by atoms with Crippen LogP contribution in [0.25, 0.3) is 0 Å². The molecule has 0 saturated heterocycles. The summed E-state index contributed by atoms with van der Waals surface area (Å²) in [5.74, 6) is 0. The second-order valence-corrected chi connectivity index (χ2v) is 9.30. The second-order valence-electron chi connectivity index (χ2n) is 7.36. The van der Waals surface area contributed by atoms with Gasteiger partial charge in [-0.15, -0.1) is 0 Å². The fraction of sp³-hybridized carbons (Fsp3) is 0.526. The molecule has 7 heteroatoms. The molecular formula is C19H30N4O2S. The van der Waals surface area contributed by atoms with Gasteiger partial charge in [0, 0.05) is 42.9 Å². The molecular weight excluding hydrogens is 348 g/mol. The second kappa shape index (κ2) is 8.33. The first-order chi connectivity index (χ1) is 12.2. The normalized spacial score (nSPS) is 12.7. The lowest BCUT2D eigenvalue weighted by molar-refractivity contribution is 0.445. The molecule has 0 fully saturated rings. The van der Waals surface area contributed by atoms with Crippen molar-refractivity contribution in [1.29, 1.82) is 0 Å². The molecule has 0 amide bonds. The van der Waals surface area contributed by atoms with Gasteiger partial charge in [0.15, 0.2) is 0 Å². The summed E-state index contributed by atoms with van der Waals surface area (Å²) in [6.45, 7) is 12.5. The maximum Gasteiger partial charge on any atom is 0.243 e. The largest absolute Gasteiger partial charge is 0.308 e. The van der Waals surface area contributed by atoms with E-state index in [1.807, 2.05) is 32.2 Å². The van der Waals surface area contributed by atoms with E-state index in [0.29, 0.717) is 31.1 Å². The lowest BCUT2D eigenvalue weighted by Crippen LogP contribution is -2.30. The first-order valence-electron chi connectivity index (χ1n) is 9.02. The Morgan fingerprint density at radius 3 is 2.23 bits per heavy atom. The van der Waals surface area contributed by atoms with E-state index in [-0.39, 0.29) is 5.41 Å². The fourth-order valence-electron chi connectivity index (χ4n) is 2.93. The van der Waals surface area contributed by atoms with Crippen LogP contribution in [0, 0.1) is 0 Å². The topological polar surface area (TPSA) is 78.1 Å². The molecule has 0 saturated carbocycles. The number of benzene rings is 1. The van der Waals surface area contributed by atoms with E-state index in [4.69, 9.17) is 0 Å². The first-order valence-corrected chi connectivity index (χ1v) is 10.5. The molecule has 26 heavy (non-hydrogen) atoms. The van der Waals surface area contributed by atoms with Gasteiger partial charge in [0.2, 0.25) is 10.0 Å². The minimum absolute atomic E-state index is 0.0218. The number of nitrogens with one attached hydrogen (secondary N) is 2. The lowest BCUT2D eigenvalue weighted by Gasteiger charge is -2.19. The number of aromatic nitrogens is 2. The molecule has 0 atom stereocenters. The van der Waals surface area contributed by atoms with Gasteiger partial charge in [-0.25, -0.2) is 8.42 Å². The highest BCUT2D eigenvalue weighted by atomic mass is 32.2. The third kappa shape index (κ3) is 4.72. The number of nitrogens with zero attached hydrogens (tertiary/aromatic N) is 2. The Balaban J connectivity index is 2.00. The molecule has 6 nitrogen and oxygen atoms in total. The molecule has 0 bridgehead atoms. The van der Waals surface area contributed by atoms with Crippen molar-refractivity contribution in [2.45, 2.75) is 58.0 Å². The van der Waals surface area contributed by atoms with Crippen molar-refractivity contribution in [2.24, 2.45) is 0 Å². The molecule has 0 spiro atoms. The zero-order valence-electron chi connectivity index (χ0n) is 16.3. The third-order valence-electron chi connectivity index (χ3n) is 4.38. The SMILES string of the molecule is CCN(CC)S(=O)(=O)c1ccc(CNCc2cn[nH]c2C(C)(C)C)cc1. The van der Waals surface area contributed by atoms with Crippen LogP contribution in [0.4, 0.5) is 0 Å². The minimum Gasteiger partial charge on any atom is -0.308 e. The zero-order chi connectivity index (χ0) is 19.4. The summed E-state index contributed by atoms with van der Waals surface area (Å²) in [5.41, 5.74) is 3.35. The van der Waals surface area contributed by atoms with Crippen LogP contribution in [-0.2, 0) is 28.5 Å². The summed E-state index contributed by atoms with van der Waals surface area (Å²) >= 11 is 0. The molecule has 1 aromatic heterocycles. The highest BCUT2D eigenvalue weighted by Gasteiger charge is 2.21. The van der Waals surface area contributed by atoms with Crippen molar-refractivity contribution < 1.29 is 8.42 Å². The summed E-state index contributed by atoms with van der Waals surface area (Å²) in [7, 11) is -3.40. The van der Waals surface area contributed by atoms with Crippen molar-refractivity contribution in [1.82, 2.24) is 19.8 Å². The van der Waals surface area contributed by atoms with E-state index in [0.717, 1.165) is 16.8 Å². The highest BCUT2D eigenvalue weighted by Crippen LogP contribution is 2.23. The number of H-pyrrole nitrogens is 1. The molecule has 0 aliphatic carbocycles. The van der Waals surface area contributed by atoms with E-state index in [1.54, 1.807) is 12.1 Å². The predicted octanol–water partition coefficient (Wildman–Crippen LogP) is 3.03. The summed E-state index contributed by atoms with van der Waals surface area (Å²) in [4.78, 5) is 0.342. The van der Waals surface area contributed by atoms with E-state index >= 15 is 0 Å². The molecule has 2 rings (SSSR count). The molecule has 0 aliphatic rings. The van der Waals surface area contributed by atoms with Crippen molar-refractivity contribution in [3.63, 3.8) is 0 Å². The Bertz CT molecular complexity index is 801. The quantitative estimate of drug-likeness (QED) is 0.740. The van der Waals surface area contributed by atoms with Crippen molar-refractivity contribution >= 4 is 10.0 Å². The van der Waals surface area contributed by atoms with Crippen LogP contribution in [-0.4, -0.2) is 36.0 Å². The molecule has 0 aliphatic heterocycles. The summed E-state index contributed by atoms with van der Waals surface area (Å²) in [6, 6.07) is 7.10. The lowest BCUT2D eigenvalue weighted by atomic mass is 9.89. The summed E-state index contributed by atoms with van der Waals surface area (Å²) in [5, 5.41) is 10.6. The van der Waals surface area contributed by atoms with Crippen molar-refractivity contribution in [2.75, 3.05) is 13.1 Å². The van der Waals surface area contributed by atoms with Crippen molar-refractivity contribution in [3.05, 3.63) is 47.3 Å². The monoisotopic (exact) mass is 378 g/mol. The van der Waals surface area contributed by atoms with Gasteiger partial charge >= 0.3 is 0 Å². The molecule has 1 aromatic carbocycles. The zero-order valence-corrected chi connectivity index (χ0v) is 17.2. The van der Waals surface area contributed by atoms with E-state index in [2.05, 4.69) is 36.3 Å². The van der Waals surface area contributed by atoms with Crippen LogP contribution in [0.15, 0.2) is 35.4 Å². The fourth-order valence-corrected chi connectivity index (χ4v) is 4.39. The van der Waals surface area contributed by atoms with Crippen molar-refractivity contribution in [3.8, 4) is 0 Å². The standard InChI is InChI=1S/C19H30N4O2S/c1-6-23(7-2)26(24,25)17-10-8-15(9-11-17)12-20-13-16-14-21-22-18(16)19(3,4)5/h8-11,14,20H,6-7,12-13H2,1-5H3,(H,21,22). The van der Waals surface area contributed by atoms with E-state index < -0.39 is 10.0 Å². The van der Waals surface area contributed by atoms with Gasteiger partial charge in [-0.3, -0.25) is 5.10 Å². The Kier molecular flexibility index (Phi) is 6.60. The van der Waals surface area contributed by atoms with E-state index in [9.17, 15) is 8.42 Å². The molecule has 1 heterocycles. The average molecular weight is 379 g/mol. The summed E-state index contributed by atoms with van der Waals surface area (Å²) < 4.78 is 26.5. The Morgan fingerprint density at radius 1 is 1.08 bits per heavy atom. The Labute approximate surface area is 157 Å². The van der Waals surface area contributed by atoms with Crippen LogP contribution in [0.3, 0.4) is 0 Å². The van der Waals surface area contributed by atoms with Gasteiger partial charge in [-0.05, 0) is 17.7 Å². The predicted molar refractivity (Wildman–Crippen MR) is 104 cm³/mol. The third-order valence-corrected chi connectivity index (χ3v) is 6.44. The molecule has 0 radical (unpaired) electrons. The number of hydrogen-bond donors (Lipinski definition) is 2. The first kappa shape index (κ1) is 20.6. The molecule has 2 N–H and O–H groups in total. The minimum atomic E-state index is -3.40. The maximum atomic E-state index is 12.5. The Hall–Kier alpha value is -1.70. The number of rotatable bonds is 8. The van der Waals surface area contributed by atoms with Crippen LogP contribution >= 0.6 is 0 Å². The van der Waals surface area contributed by atoms with Crippen LogP contribution in [0.2, 0.25) is 0 Å². The molecule has 0 unspecified atom stereocenters. The van der Waals surface area contributed by atoms with Gasteiger partial charge in [-0.2, -0.15) is 9.40 Å². The van der Waals surface area contributed by atoms with Gasteiger partial charge in [0.05, 0.1) is 11.1 Å². The van der Waals surface area contributed by atoms with E-state index in [1.165, 1.54) is 4.31 Å². The molecule has 144 valence electrons. The highest BCUT2D eigenvalue weighted by molar-refractivity contribution is 7.89. The average Bonchev–Trinajstić information content (AvgIpc) is 3.05. The smallest absolute Gasteiger partial charge is 0.243 e. The summed E-state index contributed by atoms with van der Waals surface area (Å²) in [6.07, 6.45) is 1.85. The number of aromatic amines is 1. The van der Waals surface area contributed by atoms with Gasteiger partial charge in [0.1, 0.15) is 0 Å². The Morgan fingerprint density at radius 2 is 1.69 bits per heavy atom.